The topological polar surface area (TPSA) is 68.0 Å². The number of nitrogens with two attached hydrogens (primary N) is 1. The molecule has 0 unspecified atom stereocenters. The summed E-state index contributed by atoms with van der Waals surface area (Å²) < 4.78 is 0. The summed E-state index contributed by atoms with van der Waals surface area (Å²) >= 11 is 1.71. The van der Waals surface area contributed by atoms with E-state index in [0.29, 0.717) is 13.0 Å². The van der Waals surface area contributed by atoms with Crippen LogP contribution in [0.5, 0.6) is 0 Å². The minimum absolute atomic E-state index is 0.0889. The fraction of sp³-hybridized carbons (Fsp3) is 0.692. The van der Waals surface area contributed by atoms with Crippen LogP contribution < -0.4 is 11.1 Å². The molecule has 0 spiro atoms. The summed E-state index contributed by atoms with van der Waals surface area (Å²) in [5.74, 6) is -0.285. The van der Waals surface area contributed by atoms with Gasteiger partial charge in [-0.15, -0.1) is 11.3 Å². The Hall–Kier alpha value is -0.940. The summed E-state index contributed by atoms with van der Waals surface area (Å²) in [6, 6.07) is 0. The van der Waals surface area contributed by atoms with Crippen LogP contribution in [0.15, 0.2) is 6.20 Å². The Bertz CT molecular complexity index is 418. The molecular formula is C13H23N3OS. The summed E-state index contributed by atoms with van der Waals surface area (Å²) in [5.41, 5.74) is 5.03. The maximum Gasteiger partial charge on any atom is 0.219 e. The second kappa shape index (κ2) is 5.36. The lowest BCUT2D eigenvalue weighted by molar-refractivity contribution is -0.119. The van der Waals surface area contributed by atoms with Gasteiger partial charge in [-0.2, -0.15) is 0 Å². The Kier molecular flexibility index (Phi) is 4.50. The van der Waals surface area contributed by atoms with E-state index in [0.717, 1.165) is 5.01 Å². The van der Waals surface area contributed by atoms with Gasteiger partial charge in [0.1, 0.15) is 0 Å². The van der Waals surface area contributed by atoms with Gasteiger partial charge in [0.25, 0.3) is 0 Å². The highest BCUT2D eigenvalue weighted by molar-refractivity contribution is 7.11. The lowest BCUT2D eigenvalue weighted by Gasteiger charge is -2.24. The molecule has 0 aliphatic heterocycles. The van der Waals surface area contributed by atoms with Crippen LogP contribution in [0.25, 0.3) is 0 Å². The third-order valence-corrected chi connectivity index (χ3v) is 3.98. The molecule has 0 aliphatic rings. The van der Waals surface area contributed by atoms with E-state index in [1.165, 1.54) is 4.88 Å². The number of nitrogens with one attached hydrogen (secondary N) is 1. The number of thiazole rings is 1. The van der Waals surface area contributed by atoms with Crippen molar-refractivity contribution in [1.29, 1.82) is 0 Å². The average Bonchev–Trinajstić information content (AvgIpc) is 2.60. The van der Waals surface area contributed by atoms with Crippen LogP contribution in [-0.4, -0.2) is 16.4 Å². The van der Waals surface area contributed by atoms with Crippen molar-refractivity contribution in [3.05, 3.63) is 16.1 Å². The largest absolute Gasteiger partial charge is 0.370 e. The van der Waals surface area contributed by atoms with Crippen molar-refractivity contribution in [2.45, 2.75) is 58.5 Å². The molecule has 0 bridgehead atoms. The number of rotatable bonds is 5. The smallest absolute Gasteiger partial charge is 0.219 e. The molecule has 0 fully saturated rings. The Morgan fingerprint density at radius 2 is 2.00 bits per heavy atom. The van der Waals surface area contributed by atoms with Gasteiger partial charge in [0, 0.05) is 35.0 Å². The van der Waals surface area contributed by atoms with Gasteiger partial charge in [0.05, 0.1) is 5.01 Å². The van der Waals surface area contributed by atoms with Crippen molar-refractivity contribution in [2.75, 3.05) is 0 Å². The van der Waals surface area contributed by atoms with E-state index < -0.39 is 0 Å². The maximum atomic E-state index is 10.9. The van der Waals surface area contributed by atoms with Gasteiger partial charge in [-0.05, 0) is 13.8 Å². The highest BCUT2D eigenvalue weighted by Crippen LogP contribution is 2.27. The molecule has 18 heavy (non-hydrogen) atoms. The molecule has 1 rings (SSSR count). The normalized spacial score (nSPS) is 12.7. The molecule has 5 heteroatoms. The molecule has 0 aliphatic carbocycles. The Labute approximate surface area is 113 Å². The minimum atomic E-state index is -0.285. The highest BCUT2D eigenvalue weighted by Gasteiger charge is 2.21. The Balaban J connectivity index is 2.59. The van der Waals surface area contributed by atoms with Crippen molar-refractivity contribution in [2.24, 2.45) is 5.73 Å². The number of carbonyl (C=O) groups excluding carboxylic acids is 1. The monoisotopic (exact) mass is 269 g/mol. The summed E-state index contributed by atoms with van der Waals surface area (Å²) in [6.45, 7) is 11.1. The molecular weight excluding hydrogens is 246 g/mol. The molecule has 0 aromatic carbocycles. The van der Waals surface area contributed by atoms with Gasteiger partial charge in [-0.3, -0.25) is 4.79 Å². The Morgan fingerprint density at radius 1 is 1.39 bits per heavy atom. The van der Waals surface area contributed by atoms with Crippen LogP contribution in [0, 0.1) is 0 Å². The number of primary amides is 1. The zero-order chi connectivity index (χ0) is 14.0. The zero-order valence-electron chi connectivity index (χ0n) is 11.8. The summed E-state index contributed by atoms with van der Waals surface area (Å²) in [7, 11) is 0. The van der Waals surface area contributed by atoms with Crippen LogP contribution in [0.4, 0.5) is 0 Å². The number of aromatic nitrogens is 1. The second-order valence-electron chi connectivity index (χ2n) is 6.26. The van der Waals surface area contributed by atoms with Gasteiger partial charge in [0.15, 0.2) is 0 Å². The van der Waals surface area contributed by atoms with E-state index in [-0.39, 0.29) is 16.9 Å². The number of carbonyl (C=O) groups is 1. The molecule has 3 N–H and O–H groups in total. The van der Waals surface area contributed by atoms with Crippen LogP contribution in [-0.2, 0) is 16.8 Å². The van der Waals surface area contributed by atoms with Gasteiger partial charge < -0.3 is 11.1 Å². The molecule has 102 valence electrons. The van der Waals surface area contributed by atoms with E-state index in [9.17, 15) is 4.79 Å². The first-order valence-electron chi connectivity index (χ1n) is 6.09. The molecule has 0 radical (unpaired) electrons. The molecule has 4 nitrogen and oxygen atoms in total. The van der Waals surface area contributed by atoms with Crippen molar-refractivity contribution in [1.82, 2.24) is 10.3 Å². The molecule has 1 aromatic heterocycles. The van der Waals surface area contributed by atoms with Crippen LogP contribution in [0.1, 0.15) is 50.9 Å². The summed E-state index contributed by atoms with van der Waals surface area (Å²) in [4.78, 5) is 16.5. The van der Waals surface area contributed by atoms with Gasteiger partial charge in [-0.25, -0.2) is 4.98 Å². The predicted molar refractivity (Wildman–Crippen MR) is 75.5 cm³/mol. The molecule has 1 heterocycles. The quantitative estimate of drug-likeness (QED) is 0.861. The second-order valence-corrected chi connectivity index (χ2v) is 7.38. The number of hydrogen-bond donors (Lipinski definition) is 2. The first-order valence-corrected chi connectivity index (χ1v) is 6.90. The van der Waals surface area contributed by atoms with E-state index in [1.54, 1.807) is 11.3 Å². The van der Waals surface area contributed by atoms with Crippen molar-refractivity contribution < 1.29 is 4.79 Å². The molecule has 0 saturated heterocycles. The first-order chi connectivity index (χ1) is 8.10. The number of amides is 1. The highest BCUT2D eigenvalue weighted by atomic mass is 32.1. The summed E-state index contributed by atoms with van der Waals surface area (Å²) in [6.07, 6.45) is 2.23. The molecule has 1 amide bonds. The number of nitrogens with zero attached hydrogens (tertiary/aromatic N) is 1. The van der Waals surface area contributed by atoms with Crippen LogP contribution in [0.2, 0.25) is 0 Å². The lowest BCUT2D eigenvalue weighted by Crippen LogP contribution is -2.42. The number of hydrogen-bond acceptors (Lipinski definition) is 4. The summed E-state index contributed by atoms with van der Waals surface area (Å²) in [5, 5.41) is 4.47. The Morgan fingerprint density at radius 3 is 2.44 bits per heavy atom. The van der Waals surface area contributed by atoms with Gasteiger partial charge in [-0.1, -0.05) is 20.8 Å². The van der Waals surface area contributed by atoms with E-state index >= 15 is 0 Å². The minimum Gasteiger partial charge on any atom is -0.370 e. The van der Waals surface area contributed by atoms with Gasteiger partial charge in [0.2, 0.25) is 5.91 Å². The molecule has 1 aromatic rings. The van der Waals surface area contributed by atoms with E-state index in [4.69, 9.17) is 5.73 Å². The fourth-order valence-corrected chi connectivity index (χ4v) is 2.47. The van der Waals surface area contributed by atoms with Crippen molar-refractivity contribution in [3.63, 3.8) is 0 Å². The van der Waals surface area contributed by atoms with Gasteiger partial charge >= 0.3 is 0 Å². The third-order valence-electron chi connectivity index (χ3n) is 2.55. The zero-order valence-corrected chi connectivity index (χ0v) is 12.6. The fourth-order valence-electron chi connectivity index (χ4n) is 1.56. The lowest BCUT2D eigenvalue weighted by atomic mass is 9.98. The molecule has 0 saturated carbocycles. The van der Waals surface area contributed by atoms with Crippen LogP contribution >= 0.6 is 11.3 Å². The SMILES string of the molecule is CC(C)(CC(N)=O)NCc1cnc(C(C)(C)C)s1. The predicted octanol–water partition coefficient (Wildman–Crippen LogP) is 2.18. The van der Waals surface area contributed by atoms with Crippen molar-refractivity contribution in [3.8, 4) is 0 Å². The van der Waals surface area contributed by atoms with Crippen LogP contribution in [0.3, 0.4) is 0 Å². The van der Waals surface area contributed by atoms with Crippen molar-refractivity contribution >= 4 is 17.2 Å². The van der Waals surface area contributed by atoms with E-state index in [2.05, 4.69) is 31.1 Å². The molecule has 0 atom stereocenters. The average molecular weight is 269 g/mol. The third kappa shape index (κ3) is 4.74. The van der Waals surface area contributed by atoms with E-state index in [1.807, 2.05) is 20.0 Å². The maximum absolute atomic E-state index is 10.9. The first kappa shape index (κ1) is 15.1. The standard InChI is InChI=1S/C13H23N3OS/c1-12(2,3)11-15-7-9(18-11)8-16-13(4,5)6-10(14)17/h7,16H,6,8H2,1-5H3,(H2,14,17).